The van der Waals surface area contributed by atoms with E-state index in [1.807, 2.05) is 37.3 Å². The van der Waals surface area contributed by atoms with Gasteiger partial charge in [0, 0.05) is 6.04 Å². The van der Waals surface area contributed by atoms with Crippen LogP contribution in [0.5, 0.6) is 0 Å². The SMILES string of the molecule is CC(NC(=O)N[C@H](CO)c1ccccc1)C1CCC1. The molecule has 0 radical (unpaired) electrons. The van der Waals surface area contributed by atoms with E-state index in [1.165, 1.54) is 19.3 Å². The van der Waals surface area contributed by atoms with Gasteiger partial charge in [0.15, 0.2) is 0 Å². The van der Waals surface area contributed by atoms with E-state index in [9.17, 15) is 9.90 Å². The molecule has 1 aromatic rings. The molecule has 0 aliphatic heterocycles. The number of aliphatic hydroxyl groups excluding tert-OH is 1. The minimum Gasteiger partial charge on any atom is -0.394 e. The molecule has 1 aliphatic rings. The van der Waals surface area contributed by atoms with E-state index in [-0.39, 0.29) is 24.7 Å². The zero-order chi connectivity index (χ0) is 13.7. The minimum atomic E-state index is -0.352. The summed E-state index contributed by atoms with van der Waals surface area (Å²) < 4.78 is 0. The fraction of sp³-hybridized carbons (Fsp3) is 0.533. The molecule has 19 heavy (non-hydrogen) atoms. The van der Waals surface area contributed by atoms with E-state index in [1.54, 1.807) is 0 Å². The normalized spacial score (nSPS) is 18.2. The second-order valence-electron chi connectivity index (χ2n) is 5.24. The highest BCUT2D eigenvalue weighted by Crippen LogP contribution is 2.29. The van der Waals surface area contributed by atoms with Crippen LogP contribution in [-0.2, 0) is 0 Å². The molecule has 1 aliphatic carbocycles. The maximum Gasteiger partial charge on any atom is 0.315 e. The van der Waals surface area contributed by atoms with Gasteiger partial charge in [0.1, 0.15) is 0 Å². The van der Waals surface area contributed by atoms with Gasteiger partial charge >= 0.3 is 6.03 Å². The molecular formula is C15H22N2O2. The molecule has 2 atom stereocenters. The number of carbonyl (C=O) groups excluding carboxylic acids is 1. The van der Waals surface area contributed by atoms with Crippen LogP contribution in [0, 0.1) is 5.92 Å². The van der Waals surface area contributed by atoms with Crippen LogP contribution >= 0.6 is 0 Å². The van der Waals surface area contributed by atoms with Crippen molar-refractivity contribution >= 4 is 6.03 Å². The molecule has 0 spiro atoms. The molecule has 4 nitrogen and oxygen atoms in total. The minimum absolute atomic E-state index is 0.102. The van der Waals surface area contributed by atoms with Gasteiger partial charge in [-0.3, -0.25) is 0 Å². The van der Waals surface area contributed by atoms with Crippen molar-refractivity contribution in [3.63, 3.8) is 0 Å². The standard InChI is InChI=1S/C15H22N2O2/c1-11(12-8-5-9-12)16-15(19)17-14(10-18)13-6-3-2-4-7-13/h2-4,6-7,11-12,14,18H,5,8-10H2,1H3,(H2,16,17,19)/t11?,14-/m1/s1. The third-order valence-corrected chi connectivity index (χ3v) is 3.91. The van der Waals surface area contributed by atoms with E-state index in [2.05, 4.69) is 10.6 Å². The Morgan fingerprint density at radius 1 is 1.32 bits per heavy atom. The fourth-order valence-corrected chi connectivity index (χ4v) is 2.38. The zero-order valence-electron chi connectivity index (χ0n) is 11.3. The number of rotatable bonds is 5. The number of carbonyl (C=O) groups is 1. The molecule has 2 rings (SSSR count). The number of benzene rings is 1. The van der Waals surface area contributed by atoms with Crippen LogP contribution in [0.25, 0.3) is 0 Å². The predicted octanol–water partition coefficient (Wildman–Crippen LogP) is 2.21. The van der Waals surface area contributed by atoms with E-state index < -0.39 is 0 Å². The van der Waals surface area contributed by atoms with Crippen molar-refractivity contribution in [2.24, 2.45) is 5.92 Å². The molecule has 2 amide bonds. The van der Waals surface area contributed by atoms with Crippen molar-refractivity contribution in [2.45, 2.75) is 38.3 Å². The Morgan fingerprint density at radius 2 is 2.00 bits per heavy atom. The molecular weight excluding hydrogens is 240 g/mol. The third-order valence-electron chi connectivity index (χ3n) is 3.91. The molecule has 0 aromatic heterocycles. The first-order valence-corrected chi connectivity index (χ1v) is 6.93. The number of nitrogens with one attached hydrogen (secondary N) is 2. The largest absolute Gasteiger partial charge is 0.394 e. The Kier molecular flexibility index (Phi) is 4.80. The predicted molar refractivity (Wildman–Crippen MR) is 74.7 cm³/mol. The van der Waals surface area contributed by atoms with Gasteiger partial charge in [-0.05, 0) is 31.2 Å². The van der Waals surface area contributed by atoms with Gasteiger partial charge < -0.3 is 15.7 Å². The number of hydrogen-bond acceptors (Lipinski definition) is 2. The first kappa shape index (κ1) is 13.9. The van der Waals surface area contributed by atoms with Gasteiger partial charge in [-0.25, -0.2) is 4.79 Å². The van der Waals surface area contributed by atoms with Gasteiger partial charge in [0.25, 0.3) is 0 Å². The average Bonchev–Trinajstić information content (AvgIpc) is 2.34. The summed E-state index contributed by atoms with van der Waals surface area (Å²) in [6.45, 7) is 1.94. The van der Waals surface area contributed by atoms with Crippen molar-refractivity contribution in [3.05, 3.63) is 35.9 Å². The molecule has 0 heterocycles. The first-order valence-electron chi connectivity index (χ1n) is 6.93. The van der Waals surface area contributed by atoms with Gasteiger partial charge in [-0.1, -0.05) is 36.8 Å². The fourth-order valence-electron chi connectivity index (χ4n) is 2.38. The second-order valence-corrected chi connectivity index (χ2v) is 5.24. The topological polar surface area (TPSA) is 61.4 Å². The van der Waals surface area contributed by atoms with Crippen LogP contribution in [0.4, 0.5) is 4.79 Å². The van der Waals surface area contributed by atoms with Crippen molar-refractivity contribution in [3.8, 4) is 0 Å². The highest BCUT2D eigenvalue weighted by atomic mass is 16.3. The lowest BCUT2D eigenvalue weighted by atomic mass is 9.80. The van der Waals surface area contributed by atoms with Gasteiger partial charge in [0.2, 0.25) is 0 Å². The molecule has 0 saturated heterocycles. The van der Waals surface area contributed by atoms with Gasteiger partial charge in [-0.15, -0.1) is 0 Å². The van der Waals surface area contributed by atoms with Crippen LogP contribution in [0.3, 0.4) is 0 Å². The molecule has 4 heteroatoms. The van der Waals surface area contributed by atoms with E-state index in [0.29, 0.717) is 5.92 Å². The summed E-state index contributed by atoms with van der Waals surface area (Å²) in [5, 5.41) is 15.2. The van der Waals surface area contributed by atoms with Crippen LogP contribution in [-0.4, -0.2) is 23.8 Å². The van der Waals surface area contributed by atoms with Crippen LogP contribution in [0.2, 0.25) is 0 Å². The lowest BCUT2D eigenvalue weighted by molar-refractivity contribution is 0.199. The van der Waals surface area contributed by atoms with E-state index in [4.69, 9.17) is 0 Å². The van der Waals surface area contributed by atoms with Crippen LogP contribution in [0.15, 0.2) is 30.3 Å². The monoisotopic (exact) mass is 262 g/mol. The smallest absolute Gasteiger partial charge is 0.315 e. The molecule has 1 aromatic carbocycles. The second kappa shape index (κ2) is 6.57. The van der Waals surface area contributed by atoms with Crippen molar-refractivity contribution < 1.29 is 9.90 Å². The van der Waals surface area contributed by atoms with Crippen molar-refractivity contribution in [1.82, 2.24) is 10.6 Å². The number of amides is 2. The molecule has 1 saturated carbocycles. The van der Waals surface area contributed by atoms with Crippen LogP contribution in [0.1, 0.15) is 37.8 Å². The van der Waals surface area contributed by atoms with Crippen molar-refractivity contribution in [2.75, 3.05) is 6.61 Å². The number of hydrogen-bond donors (Lipinski definition) is 3. The maximum atomic E-state index is 11.9. The van der Waals surface area contributed by atoms with E-state index in [0.717, 1.165) is 5.56 Å². The molecule has 0 bridgehead atoms. The maximum absolute atomic E-state index is 11.9. The summed E-state index contributed by atoms with van der Waals surface area (Å²) in [7, 11) is 0. The van der Waals surface area contributed by atoms with Gasteiger partial charge in [-0.2, -0.15) is 0 Å². The Morgan fingerprint density at radius 3 is 2.53 bits per heavy atom. The summed E-state index contributed by atoms with van der Waals surface area (Å²) in [5.41, 5.74) is 0.913. The average molecular weight is 262 g/mol. The quantitative estimate of drug-likeness (QED) is 0.762. The Bertz CT molecular complexity index is 404. The number of urea groups is 1. The zero-order valence-corrected chi connectivity index (χ0v) is 11.3. The highest BCUT2D eigenvalue weighted by Gasteiger charge is 2.25. The Balaban J connectivity index is 1.85. The summed E-state index contributed by atoms with van der Waals surface area (Å²) in [6.07, 6.45) is 3.66. The summed E-state index contributed by atoms with van der Waals surface area (Å²) in [5.74, 6) is 0.607. The number of aliphatic hydroxyl groups is 1. The molecule has 1 unspecified atom stereocenters. The molecule has 1 fully saturated rings. The third kappa shape index (κ3) is 3.70. The lowest BCUT2D eigenvalue weighted by Gasteiger charge is -2.32. The molecule has 104 valence electrons. The summed E-state index contributed by atoms with van der Waals surface area (Å²) >= 11 is 0. The van der Waals surface area contributed by atoms with Crippen LogP contribution < -0.4 is 10.6 Å². The Labute approximate surface area is 114 Å². The lowest BCUT2D eigenvalue weighted by Crippen LogP contribution is -2.47. The summed E-state index contributed by atoms with van der Waals surface area (Å²) in [6, 6.07) is 9.15. The van der Waals surface area contributed by atoms with Gasteiger partial charge in [0.05, 0.1) is 12.6 Å². The summed E-state index contributed by atoms with van der Waals surface area (Å²) in [4.78, 5) is 11.9. The van der Waals surface area contributed by atoms with E-state index >= 15 is 0 Å². The Hall–Kier alpha value is -1.55. The van der Waals surface area contributed by atoms with Crippen molar-refractivity contribution in [1.29, 1.82) is 0 Å². The highest BCUT2D eigenvalue weighted by molar-refractivity contribution is 5.74. The first-order chi connectivity index (χ1) is 9.20. The molecule has 3 N–H and O–H groups in total.